The highest BCUT2D eigenvalue weighted by Gasteiger charge is 2.23. The van der Waals surface area contributed by atoms with E-state index in [1.54, 1.807) is 24.3 Å². The maximum Gasteiger partial charge on any atom is 0.323 e. The summed E-state index contributed by atoms with van der Waals surface area (Å²) in [4.78, 5) is 10.5. The molecule has 15 heavy (non-hydrogen) atoms. The Bertz CT molecular complexity index is 339. The summed E-state index contributed by atoms with van der Waals surface area (Å²) in [5.74, 6) is -0.623. The fourth-order valence-electron chi connectivity index (χ4n) is 1.16. The molecule has 1 aromatic rings. The van der Waals surface area contributed by atoms with Crippen molar-refractivity contribution in [2.75, 3.05) is 0 Å². The number of carbonyl (C=O) groups is 1. The Morgan fingerprint density at radius 2 is 1.93 bits per heavy atom. The molecule has 0 aromatic heterocycles. The van der Waals surface area contributed by atoms with Crippen LogP contribution in [0.2, 0.25) is 0 Å². The second-order valence-electron chi connectivity index (χ2n) is 3.21. The predicted octanol–water partition coefficient (Wildman–Crippen LogP) is 0.562. The van der Waals surface area contributed by atoms with Crippen LogP contribution in [-0.4, -0.2) is 22.2 Å². The third kappa shape index (κ3) is 2.95. The molecule has 0 fully saturated rings. The molecule has 0 aliphatic rings. The van der Waals surface area contributed by atoms with Crippen molar-refractivity contribution in [2.24, 2.45) is 5.73 Å². The molecule has 0 heterocycles. The van der Waals surface area contributed by atoms with Crippen molar-refractivity contribution >= 4 is 18.6 Å². The zero-order valence-electron chi connectivity index (χ0n) is 8.00. The van der Waals surface area contributed by atoms with Gasteiger partial charge in [0.25, 0.3) is 0 Å². The normalized spacial score (nSPS) is 14.6. The Morgan fingerprint density at radius 3 is 2.33 bits per heavy atom. The molecule has 0 saturated heterocycles. The number of carboxylic acids is 1. The minimum Gasteiger partial charge on any atom is -0.480 e. The van der Waals surface area contributed by atoms with Crippen LogP contribution in [0.15, 0.2) is 24.3 Å². The van der Waals surface area contributed by atoms with E-state index in [1.165, 1.54) is 0 Å². The molecule has 0 aliphatic heterocycles. The minimum absolute atomic E-state index is 0.496. The quantitative estimate of drug-likeness (QED) is 0.566. The van der Waals surface area contributed by atoms with E-state index in [0.29, 0.717) is 11.3 Å². The Labute approximate surface area is 93.1 Å². The standard InChI is InChI=1S/C10H13NO3S/c11-8(10(13)14)9(12)7-3-1-6(5-15)2-4-7/h1-4,8-9,12,15H,5,11H2,(H,13,14). The first-order valence-electron chi connectivity index (χ1n) is 4.42. The maximum absolute atomic E-state index is 10.5. The molecule has 1 rings (SSSR count). The van der Waals surface area contributed by atoms with Gasteiger partial charge in [-0.1, -0.05) is 24.3 Å². The first kappa shape index (κ1) is 12.0. The van der Waals surface area contributed by atoms with Gasteiger partial charge < -0.3 is 15.9 Å². The summed E-state index contributed by atoms with van der Waals surface area (Å²) in [6.45, 7) is 0. The van der Waals surface area contributed by atoms with Crippen LogP contribution in [0.4, 0.5) is 0 Å². The Balaban J connectivity index is 2.82. The molecule has 0 bridgehead atoms. The second kappa shape index (κ2) is 5.16. The van der Waals surface area contributed by atoms with Crippen molar-refractivity contribution < 1.29 is 15.0 Å². The van der Waals surface area contributed by atoms with Crippen LogP contribution in [0, 0.1) is 0 Å². The average molecular weight is 227 g/mol. The number of hydrogen-bond donors (Lipinski definition) is 4. The predicted molar refractivity (Wildman–Crippen MR) is 59.7 cm³/mol. The van der Waals surface area contributed by atoms with Crippen molar-refractivity contribution in [3.8, 4) is 0 Å². The van der Waals surface area contributed by atoms with Crippen molar-refractivity contribution in [3.05, 3.63) is 35.4 Å². The summed E-state index contributed by atoms with van der Waals surface area (Å²) in [5.41, 5.74) is 6.79. The zero-order valence-corrected chi connectivity index (χ0v) is 8.89. The molecule has 0 spiro atoms. The molecule has 5 heteroatoms. The Morgan fingerprint density at radius 1 is 1.40 bits per heavy atom. The van der Waals surface area contributed by atoms with Crippen LogP contribution in [0.25, 0.3) is 0 Å². The summed E-state index contributed by atoms with van der Waals surface area (Å²) in [7, 11) is 0. The topological polar surface area (TPSA) is 83.6 Å². The lowest BCUT2D eigenvalue weighted by Crippen LogP contribution is -2.36. The average Bonchev–Trinajstić information content (AvgIpc) is 2.27. The second-order valence-corrected chi connectivity index (χ2v) is 3.52. The number of thiol groups is 1. The van der Waals surface area contributed by atoms with Crippen molar-refractivity contribution in [1.82, 2.24) is 0 Å². The summed E-state index contributed by atoms with van der Waals surface area (Å²) in [6, 6.07) is 5.56. The first-order chi connectivity index (χ1) is 7.06. The molecule has 2 unspecified atom stereocenters. The molecule has 2 atom stereocenters. The molecular formula is C10H13NO3S. The SMILES string of the molecule is NC(C(=O)O)C(O)c1ccc(CS)cc1. The van der Waals surface area contributed by atoms with Crippen molar-refractivity contribution in [2.45, 2.75) is 17.9 Å². The van der Waals surface area contributed by atoms with Gasteiger partial charge in [0.15, 0.2) is 0 Å². The molecule has 0 radical (unpaired) electrons. The number of hydrogen-bond acceptors (Lipinski definition) is 4. The van der Waals surface area contributed by atoms with Gasteiger partial charge in [0.1, 0.15) is 12.1 Å². The van der Waals surface area contributed by atoms with Crippen LogP contribution in [0.1, 0.15) is 17.2 Å². The number of carboxylic acid groups (broad SMARTS) is 1. The number of aliphatic hydroxyl groups is 1. The van der Waals surface area contributed by atoms with Crippen molar-refractivity contribution in [1.29, 1.82) is 0 Å². The fraction of sp³-hybridized carbons (Fsp3) is 0.300. The molecule has 0 amide bonds. The van der Waals surface area contributed by atoms with Gasteiger partial charge in [0.2, 0.25) is 0 Å². The van der Waals surface area contributed by atoms with Gasteiger partial charge in [0, 0.05) is 5.75 Å². The number of nitrogens with two attached hydrogens (primary N) is 1. The van der Waals surface area contributed by atoms with Gasteiger partial charge in [-0.2, -0.15) is 12.6 Å². The summed E-state index contributed by atoms with van der Waals surface area (Å²) < 4.78 is 0. The van der Waals surface area contributed by atoms with Crippen LogP contribution < -0.4 is 5.73 Å². The monoisotopic (exact) mass is 227 g/mol. The van der Waals surface area contributed by atoms with Crippen LogP contribution in [0.3, 0.4) is 0 Å². The smallest absolute Gasteiger partial charge is 0.323 e. The molecule has 4 N–H and O–H groups in total. The first-order valence-corrected chi connectivity index (χ1v) is 5.05. The van der Waals surface area contributed by atoms with E-state index in [-0.39, 0.29) is 0 Å². The largest absolute Gasteiger partial charge is 0.480 e. The minimum atomic E-state index is -1.30. The van der Waals surface area contributed by atoms with Crippen LogP contribution in [-0.2, 0) is 10.5 Å². The van der Waals surface area contributed by atoms with Crippen molar-refractivity contribution in [3.63, 3.8) is 0 Å². The van der Waals surface area contributed by atoms with Gasteiger partial charge in [-0.05, 0) is 11.1 Å². The van der Waals surface area contributed by atoms with E-state index in [1.807, 2.05) is 0 Å². The van der Waals surface area contributed by atoms with E-state index in [4.69, 9.17) is 10.8 Å². The lowest BCUT2D eigenvalue weighted by atomic mass is 10.0. The molecule has 82 valence electrons. The Kier molecular flexibility index (Phi) is 4.14. The fourth-order valence-corrected chi connectivity index (χ4v) is 1.37. The van der Waals surface area contributed by atoms with E-state index in [2.05, 4.69) is 12.6 Å². The highest BCUT2D eigenvalue weighted by molar-refractivity contribution is 7.79. The van der Waals surface area contributed by atoms with Gasteiger partial charge >= 0.3 is 5.97 Å². The molecular weight excluding hydrogens is 214 g/mol. The maximum atomic E-state index is 10.5. The molecule has 1 aromatic carbocycles. The third-order valence-electron chi connectivity index (χ3n) is 2.13. The number of aliphatic carboxylic acids is 1. The summed E-state index contributed by atoms with van der Waals surface area (Å²) in [5, 5.41) is 18.2. The van der Waals surface area contributed by atoms with Gasteiger partial charge in [0.05, 0.1) is 0 Å². The highest BCUT2D eigenvalue weighted by Crippen LogP contribution is 2.17. The van der Waals surface area contributed by atoms with Gasteiger partial charge in [-0.15, -0.1) is 0 Å². The third-order valence-corrected chi connectivity index (χ3v) is 2.49. The number of benzene rings is 1. The zero-order chi connectivity index (χ0) is 11.4. The van der Waals surface area contributed by atoms with Gasteiger partial charge in [-0.3, -0.25) is 4.79 Å². The Hall–Kier alpha value is -1.04. The number of rotatable bonds is 4. The van der Waals surface area contributed by atoms with E-state index < -0.39 is 18.1 Å². The summed E-state index contributed by atoms with van der Waals surface area (Å²) in [6.07, 6.45) is -1.18. The van der Waals surface area contributed by atoms with E-state index in [0.717, 1.165) is 5.56 Å². The van der Waals surface area contributed by atoms with Crippen LogP contribution in [0.5, 0.6) is 0 Å². The van der Waals surface area contributed by atoms with E-state index in [9.17, 15) is 9.90 Å². The number of aliphatic hydroxyl groups excluding tert-OH is 1. The molecule has 0 aliphatic carbocycles. The summed E-state index contributed by atoms with van der Waals surface area (Å²) >= 11 is 4.09. The highest BCUT2D eigenvalue weighted by atomic mass is 32.1. The lowest BCUT2D eigenvalue weighted by molar-refractivity contribution is -0.141. The van der Waals surface area contributed by atoms with Gasteiger partial charge in [-0.25, -0.2) is 0 Å². The lowest BCUT2D eigenvalue weighted by Gasteiger charge is -2.15. The molecule has 4 nitrogen and oxygen atoms in total. The molecule has 0 saturated carbocycles. The van der Waals surface area contributed by atoms with Crippen LogP contribution >= 0.6 is 12.6 Å². The van der Waals surface area contributed by atoms with E-state index >= 15 is 0 Å².